The molecule has 1 aliphatic carbocycles. The Morgan fingerprint density at radius 1 is 1.08 bits per heavy atom. The van der Waals surface area contributed by atoms with E-state index in [2.05, 4.69) is 5.09 Å². The Morgan fingerprint density at radius 3 is 2.08 bits per heavy atom. The maximum atomic E-state index is 13.2. The highest BCUT2D eigenvalue weighted by atomic mass is 31.2. The third-order valence-electron chi connectivity index (χ3n) is 3.75. The van der Waals surface area contributed by atoms with Crippen molar-refractivity contribution < 1.29 is 28.4 Å². The Kier molecular flexibility index (Phi) is 4.67. The van der Waals surface area contributed by atoms with Crippen LogP contribution in [0.3, 0.4) is 0 Å². The van der Waals surface area contributed by atoms with Crippen molar-refractivity contribution in [3.8, 4) is 11.5 Å². The smallest absolute Gasteiger partial charge is 0.480 e. The number of nitro benzene ring substituents is 1. The number of carbonyl (C=O) groups is 1. The minimum atomic E-state index is -4.12. The Bertz CT molecular complexity index is 866. The molecule has 1 unspecified atom stereocenters. The normalized spacial score (nSPS) is 16.9. The molecule has 10 heteroatoms. The van der Waals surface area contributed by atoms with Crippen molar-refractivity contribution >= 4 is 19.4 Å². The molecule has 9 nitrogen and oxygen atoms in total. The molecule has 0 aromatic heterocycles. The van der Waals surface area contributed by atoms with Gasteiger partial charge in [0.15, 0.2) is 0 Å². The average molecular weight is 378 g/mol. The van der Waals surface area contributed by atoms with Crippen molar-refractivity contribution in [1.29, 1.82) is 0 Å². The molecule has 0 spiro atoms. The summed E-state index contributed by atoms with van der Waals surface area (Å²) in [6, 6.07) is 13.1. The van der Waals surface area contributed by atoms with Crippen LogP contribution in [-0.4, -0.2) is 21.5 Å². The van der Waals surface area contributed by atoms with Crippen LogP contribution in [0.15, 0.2) is 54.6 Å². The van der Waals surface area contributed by atoms with E-state index in [1.807, 2.05) is 0 Å². The van der Waals surface area contributed by atoms with E-state index in [4.69, 9.17) is 9.05 Å². The molecule has 3 rings (SSSR count). The number of carboxylic acids is 1. The molecule has 2 aromatic rings. The lowest BCUT2D eigenvalue weighted by molar-refractivity contribution is -0.384. The van der Waals surface area contributed by atoms with Gasteiger partial charge in [-0.15, -0.1) is 0 Å². The number of benzene rings is 2. The lowest BCUT2D eigenvalue weighted by atomic mass is 10.3. The summed E-state index contributed by atoms with van der Waals surface area (Å²) in [5.74, 6) is -0.878. The summed E-state index contributed by atoms with van der Waals surface area (Å²) in [5, 5.41) is 22.5. The Balaban J connectivity index is 1.86. The summed E-state index contributed by atoms with van der Waals surface area (Å²) in [7, 11) is -4.12. The molecular weight excluding hydrogens is 363 g/mol. The van der Waals surface area contributed by atoms with Gasteiger partial charge in [0.2, 0.25) is 0 Å². The third kappa shape index (κ3) is 4.01. The van der Waals surface area contributed by atoms with Crippen LogP contribution in [0.4, 0.5) is 5.69 Å². The summed E-state index contributed by atoms with van der Waals surface area (Å²) in [5.41, 5.74) is -1.53. The topological polar surface area (TPSA) is 128 Å². The van der Waals surface area contributed by atoms with Gasteiger partial charge in [-0.2, -0.15) is 5.09 Å². The second-order valence-electron chi connectivity index (χ2n) is 5.74. The summed E-state index contributed by atoms with van der Waals surface area (Å²) >= 11 is 0. The number of rotatable bonds is 8. The van der Waals surface area contributed by atoms with Gasteiger partial charge in [0.1, 0.15) is 17.0 Å². The maximum Gasteiger partial charge on any atom is 0.513 e. The van der Waals surface area contributed by atoms with Gasteiger partial charge in [0, 0.05) is 12.1 Å². The number of nitro groups is 1. The van der Waals surface area contributed by atoms with Gasteiger partial charge in [0.05, 0.1) is 4.92 Å². The van der Waals surface area contributed by atoms with Gasteiger partial charge in [-0.1, -0.05) is 18.2 Å². The fraction of sp³-hybridized carbons (Fsp3) is 0.188. The van der Waals surface area contributed by atoms with Crippen LogP contribution in [0.1, 0.15) is 12.8 Å². The number of hydrogen-bond acceptors (Lipinski definition) is 6. The van der Waals surface area contributed by atoms with E-state index in [1.165, 1.54) is 24.3 Å². The largest absolute Gasteiger partial charge is 0.513 e. The van der Waals surface area contributed by atoms with E-state index >= 15 is 0 Å². The van der Waals surface area contributed by atoms with Crippen molar-refractivity contribution in [3.63, 3.8) is 0 Å². The third-order valence-corrected chi connectivity index (χ3v) is 5.36. The molecule has 0 saturated heterocycles. The van der Waals surface area contributed by atoms with Crippen LogP contribution in [0.2, 0.25) is 0 Å². The monoisotopic (exact) mass is 378 g/mol. The second kappa shape index (κ2) is 6.78. The van der Waals surface area contributed by atoms with Gasteiger partial charge in [-0.25, -0.2) is 4.57 Å². The van der Waals surface area contributed by atoms with Crippen molar-refractivity contribution in [2.24, 2.45) is 0 Å². The predicted molar refractivity (Wildman–Crippen MR) is 91.1 cm³/mol. The molecule has 0 bridgehead atoms. The fourth-order valence-electron chi connectivity index (χ4n) is 2.21. The van der Waals surface area contributed by atoms with Crippen LogP contribution >= 0.6 is 7.75 Å². The van der Waals surface area contributed by atoms with Crippen molar-refractivity contribution in [2.75, 3.05) is 0 Å². The van der Waals surface area contributed by atoms with Crippen LogP contribution in [0.5, 0.6) is 11.5 Å². The first-order valence-electron chi connectivity index (χ1n) is 7.64. The number of non-ortho nitro benzene ring substituents is 1. The number of aliphatic carboxylic acids is 1. The maximum absolute atomic E-state index is 13.2. The summed E-state index contributed by atoms with van der Waals surface area (Å²) < 4.78 is 24.0. The zero-order valence-electron chi connectivity index (χ0n) is 13.4. The molecule has 1 fully saturated rings. The number of carboxylic acid groups (broad SMARTS) is 1. The molecule has 2 N–H and O–H groups in total. The molecule has 1 atom stereocenters. The van der Waals surface area contributed by atoms with E-state index < -0.39 is 24.2 Å². The lowest BCUT2D eigenvalue weighted by Crippen LogP contribution is -2.39. The SMILES string of the molecule is O=C(O)C1(NP(=O)(Oc2ccccc2)Oc2ccc([N+](=O)[O-])cc2)CC1. The second-order valence-corrected chi connectivity index (χ2v) is 7.33. The molecule has 1 saturated carbocycles. The van der Waals surface area contributed by atoms with Gasteiger partial charge in [0.25, 0.3) is 5.69 Å². The summed E-state index contributed by atoms with van der Waals surface area (Å²) in [6.07, 6.45) is 0.572. The van der Waals surface area contributed by atoms with Crippen LogP contribution in [0, 0.1) is 10.1 Å². The molecule has 0 aliphatic heterocycles. The Morgan fingerprint density at radius 2 is 1.62 bits per heavy atom. The summed E-state index contributed by atoms with van der Waals surface area (Å²) in [6.45, 7) is 0. The number of nitrogens with zero attached hydrogens (tertiary/aromatic N) is 1. The molecule has 0 amide bonds. The standard InChI is InChI=1S/C16H15N2O7P/c19-15(20)16(10-11-16)17-26(23,24-13-4-2-1-3-5-13)25-14-8-6-12(7-9-14)18(21)22/h1-9H,10-11H2,(H,17,23)(H,19,20). The minimum Gasteiger partial charge on any atom is -0.480 e. The van der Waals surface area contributed by atoms with Gasteiger partial charge < -0.3 is 14.2 Å². The molecule has 26 heavy (non-hydrogen) atoms. The van der Waals surface area contributed by atoms with E-state index in [9.17, 15) is 24.6 Å². The molecule has 0 heterocycles. The van der Waals surface area contributed by atoms with E-state index in [-0.39, 0.29) is 30.0 Å². The van der Waals surface area contributed by atoms with Crippen LogP contribution < -0.4 is 14.1 Å². The lowest BCUT2D eigenvalue weighted by Gasteiger charge is -2.23. The van der Waals surface area contributed by atoms with Crippen LogP contribution in [0.25, 0.3) is 0 Å². The predicted octanol–water partition coefficient (Wildman–Crippen LogP) is 3.37. The van der Waals surface area contributed by atoms with E-state index in [0.29, 0.717) is 0 Å². The zero-order chi connectivity index (χ0) is 18.8. The fourth-order valence-corrected chi connectivity index (χ4v) is 3.98. The Hall–Kier alpha value is -2.90. The first-order valence-corrected chi connectivity index (χ1v) is 9.18. The number of hydrogen-bond donors (Lipinski definition) is 2. The first-order chi connectivity index (χ1) is 12.3. The van der Waals surface area contributed by atoms with Crippen molar-refractivity contribution in [2.45, 2.75) is 18.4 Å². The highest BCUT2D eigenvalue weighted by Crippen LogP contribution is 2.51. The van der Waals surface area contributed by atoms with Crippen molar-refractivity contribution in [3.05, 3.63) is 64.7 Å². The molecule has 2 aromatic carbocycles. The van der Waals surface area contributed by atoms with Crippen LogP contribution in [-0.2, 0) is 9.36 Å². The van der Waals surface area contributed by atoms with Gasteiger partial charge in [-0.05, 0) is 37.1 Å². The number of para-hydroxylation sites is 1. The molecule has 0 radical (unpaired) electrons. The average Bonchev–Trinajstić information content (AvgIpc) is 3.36. The molecule has 1 aliphatic rings. The van der Waals surface area contributed by atoms with E-state index in [1.54, 1.807) is 30.3 Å². The van der Waals surface area contributed by atoms with Gasteiger partial charge >= 0.3 is 13.7 Å². The number of nitrogens with one attached hydrogen (secondary N) is 1. The molecular formula is C16H15N2O7P. The van der Waals surface area contributed by atoms with E-state index in [0.717, 1.165) is 0 Å². The first kappa shape index (κ1) is 17.9. The van der Waals surface area contributed by atoms with Crippen molar-refractivity contribution in [1.82, 2.24) is 5.09 Å². The van der Waals surface area contributed by atoms with Gasteiger partial charge in [-0.3, -0.25) is 14.9 Å². The zero-order valence-corrected chi connectivity index (χ0v) is 14.3. The Labute approximate surface area is 148 Å². The minimum absolute atomic E-state index is 0.0450. The summed E-state index contributed by atoms with van der Waals surface area (Å²) in [4.78, 5) is 21.6. The molecule has 136 valence electrons. The highest BCUT2D eigenvalue weighted by Gasteiger charge is 2.56. The highest BCUT2D eigenvalue weighted by molar-refractivity contribution is 7.52. The quantitative estimate of drug-likeness (QED) is 0.406.